The van der Waals surface area contributed by atoms with Crippen molar-refractivity contribution in [3.63, 3.8) is 0 Å². The highest BCUT2D eigenvalue weighted by Gasteiger charge is 2.32. The molecule has 0 radical (unpaired) electrons. The van der Waals surface area contributed by atoms with E-state index in [0.717, 1.165) is 0 Å². The summed E-state index contributed by atoms with van der Waals surface area (Å²) in [5.41, 5.74) is -1.33. The summed E-state index contributed by atoms with van der Waals surface area (Å²) in [6, 6.07) is 1.92. The van der Waals surface area contributed by atoms with Gasteiger partial charge in [0.2, 0.25) is 0 Å². The minimum absolute atomic E-state index is 0.148. The second-order valence-corrected chi connectivity index (χ2v) is 4.52. The summed E-state index contributed by atoms with van der Waals surface area (Å²) in [4.78, 5) is 0. The first-order valence-electron chi connectivity index (χ1n) is 6.27. The lowest BCUT2D eigenvalue weighted by Crippen LogP contribution is -2.13. The second kappa shape index (κ2) is 5.80. The van der Waals surface area contributed by atoms with Gasteiger partial charge >= 0.3 is 6.18 Å². The van der Waals surface area contributed by atoms with Crippen LogP contribution in [0.4, 0.5) is 17.6 Å². The van der Waals surface area contributed by atoms with Crippen LogP contribution in [-0.4, -0.2) is 20.1 Å². The summed E-state index contributed by atoms with van der Waals surface area (Å²) in [6.07, 6.45) is -4.27. The predicted molar refractivity (Wildman–Crippen MR) is 65.8 cm³/mol. The van der Waals surface area contributed by atoms with E-state index in [1.807, 2.05) is 6.92 Å². The highest BCUT2D eigenvalue weighted by Crippen LogP contribution is 2.33. The summed E-state index contributed by atoms with van der Waals surface area (Å²) in [7, 11) is 0. The first-order chi connectivity index (χ1) is 9.84. The Morgan fingerprint density at radius 1 is 1.33 bits per heavy atom. The monoisotopic (exact) mass is 303 g/mol. The molecule has 8 heteroatoms. The van der Waals surface area contributed by atoms with E-state index >= 15 is 0 Å². The molecular formula is C13H13F4N3O. The van der Waals surface area contributed by atoms with Crippen LogP contribution < -0.4 is 0 Å². The molecule has 0 spiro atoms. The lowest BCUT2D eigenvalue weighted by Gasteiger charge is -2.15. The molecule has 0 saturated heterocycles. The average Bonchev–Trinajstić information content (AvgIpc) is 2.86. The molecule has 1 atom stereocenters. The minimum atomic E-state index is -4.61. The number of hydrogen-bond acceptors (Lipinski definition) is 3. The lowest BCUT2D eigenvalue weighted by molar-refractivity contribution is -0.137. The number of nitrogens with zero attached hydrogens (tertiary/aromatic N) is 3. The van der Waals surface area contributed by atoms with Gasteiger partial charge in [-0.05, 0) is 24.6 Å². The van der Waals surface area contributed by atoms with Gasteiger partial charge in [-0.25, -0.2) is 9.07 Å². The van der Waals surface area contributed by atoms with Crippen molar-refractivity contribution in [2.75, 3.05) is 0 Å². The molecule has 0 aliphatic carbocycles. The third-order valence-corrected chi connectivity index (χ3v) is 2.98. The van der Waals surface area contributed by atoms with E-state index in [-0.39, 0.29) is 5.69 Å². The third-order valence-electron chi connectivity index (χ3n) is 2.98. The quantitative estimate of drug-likeness (QED) is 0.884. The van der Waals surface area contributed by atoms with Gasteiger partial charge in [0, 0.05) is 12.1 Å². The Bertz CT molecular complexity index is 624. The van der Waals surface area contributed by atoms with Gasteiger partial charge in [-0.1, -0.05) is 12.1 Å². The van der Waals surface area contributed by atoms with Crippen LogP contribution in [-0.2, 0) is 12.7 Å². The number of benzene rings is 1. The zero-order valence-corrected chi connectivity index (χ0v) is 11.1. The number of aryl methyl sites for hydroxylation is 1. The zero-order chi connectivity index (χ0) is 15.6. The van der Waals surface area contributed by atoms with E-state index in [1.165, 1.54) is 10.9 Å². The summed E-state index contributed by atoms with van der Waals surface area (Å²) < 4.78 is 53.1. The number of rotatable bonds is 4. The number of aliphatic hydroxyl groups excluding tert-OH is 1. The van der Waals surface area contributed by atoms with Crippen molar-refractivity contribution in [3.05, 3.63) is 47.0 Å². The van der Waals surface area contributed by atoms with Crippen molar-refractivity contribution in [1.82, 2.24) is 15.0 Å². The van der Waals surface area contributed by atoms with Crippen molar-refractivity contribution in [2.45, 2.75) is 32.2 Å². The highest BCUT2D eigenvalue weighted by atomic mass is 19.4. The largest absolute Gasteiger partial charge is 0.416 e. The van der Waals surface area contributed by atoms with E-state index in [4.69, 9.17) is 0 Å². The van der Waals surface area contributed by atoms with Crippen LogP contribution in [0.3, 0.4) is 0 Å². The van der Waals surface area contributed by atoms with Gasteiger partial charge in [-0.15, -0.1) is 5.10 Å². The van der Waals surface area contributed by atoms with Crippen LogP contribution in [0.25, 0.3) is 0 Å². The van der Waals surface area contributed by atoms with Crippen LogP contribution in [0.2, 0.25) is 0 Å². The normalized spacial score (nSPS) is 13.4. The predicted octanol–water partition coefficient (Wildman–Crippen LogP) is 2.93. The van der Waals surface area contributed by atoms with Crippen LogP contribution >= 0.6 is 0 Å². The number of aliphatic hydroxyl groups is 1. The van der Waals surface area contributed by atoms with Crippen LogP contribution in [0.15, 0.2) is 24.4 Å². The summed E-state index contributed by atoms with van der Waals surface area (Å²) >= 11 is 0. The second-order valence-electron chi connectivity index (χ2n) is 4.52. The molecular weight excluding hydrogens is 290 g/mol. The third kappa shape index (κ3) is 3.21. The molecule has 1 heterocycles. The Morgan fingerprint density at radius 2 is 2.05 bits per heavy atom. The van der Waals surface area contributed by atoms with Crippen molar-refractivity contribution < 1.29 is 22.7 Å². The molecule has 0 fully saturated rings. The molecule has 1 aromatic heterocycles. The van der Waals surface area contributed by atoms with E-state index in [9.17, 15) is 22.7 Å². The fourth-order valence-electron chi connectivity index (χ4n) is 1.95. The Balaban J connectivity index is 2.43. The molecule has 1 N–H and O–H groups in total. The topological polar surface area (TPSA) is 50.9 Å². The van der Waals surface area contributed by atoms with Crippen molar-refractivity contribution >= 4 is 0 Å². The molecule has 2 aromatic rings. The van der Waals surface area contributed by atoms with E-state index in [2.05, 4.69) is 10.3 Å². The maximum absolute atomic E-state index is 13.7. The molecule has 4 nitrogen and oxygen atoms in total. The van der Waals surface area contributed by atoms with Gasteiger partial charge in [-0.3, -0.25) is 0 Å². The maximum atomic E-state index is 13.7. The van der Waals surface area contributed by atoms with Gasteiger partial charge in [-0.2, -0.15) is 13.2 Å². The van der Waals surface area contributed by atoms with E-state index < -0.39 is 29.2 Å². The molecule has 1 unspecified atom stereocenters. The fraction of sp³-hybridized carbons (Fsp3) is 0.385. The molecule has 0 aliphatic rings. The first kappa shape index (κ1) is 15.4. The molecule has 2 rings (SSSR count). The Labute approximate surface area is 118 Å². The minimum Gasteiger partial charge on any atom is -0.382 e. The molecule has 0 aliphatic heterocycles. The van der Waals surface area contributed by atoms with Gasteiger partial charge in [0.15, 0.2) is 0 Å². The fourth-order valence-corrected chi connectivity index (χ4v) is 1.95. The molecule has 114 valence electrons. The Kier molecular flexibility index (Phi) is 4.26. The molecule has 0 saturated carbocycles. The molecule has 21 heavy (non-hydrogen) atoms. The number of aromatic nitrogens is 3. The van der Waals surface area contributed by atoms with Crippen LogP contribution in [0.1, 0.15) is 36.3 Å². The summed E-state index contributed by atoms with van der Waals surface area (Å²) in [5.74, 6) is -0.917. The van der Waals surface area contributed by atoms with Gasteiger partial charge in [0.25, 0.3) is 0 Å². The smallest absolute Gasteiger partial charge is 0.382 e. The van der Waals surface area contributed by atoms with Crippen LogP contribution in [0.5, 0.6) is 0 Å². The number of halogens is 4. The Morgan fingerprint density at radius 3 is 2.67 bits per heavy atom. The van der Waals surface area contributed by atoms with Crippen molar-refractivity contribution in [3.8, 4) is 0 Å². The molecule has 0 bridgehead atoms. The van der Waals surface area contributed by atoms with E-state index in [0.29, 0.717) is 31.2 Å². The number of alkyl halides is 3. The summed E-state index contributed by atoms with van der Waals surface area (Å²) in [5, 5.41) is 17.5. The SMILES string of the molecule is CCCn1nncc1C(O)c1cc(C(F)(F)F)ccc1F. The van der Waals surface area contributed by atoms with Crippen molar-refractivity contribution in [2.24, 2.45) is 0 Å². The van der Waals surface area contributed by atoms with Gasteiger partial charge in [0.05, 0.1) is 17.5 Å². The Hall–Kier alpha value is -1.96. The first-order valence-corrected chi connectivity index (χ1v) is 6.27. The lowest BCUT2D eigenvalue weighted by atomic mass is 10.0. The average molecular weight is 303 g/mol. The zero-order valence-electron chi connectivity index (χ0n) is 11.1. The van der Waals surface area contributed by atoms with E-state index in [1.54, 1.807) is 0 Å². The standard InChI is InChI=1S/C13H13F4N3O/c1-2-5-20-11(7-18-19-20)12(21)9-6-8(13(15,16)17)3-4-10(9)14/h3-4,6-7,12,21H,2,5H2,1H3. The molecule has 0 amide bonds. The highest BCUT2D eigenvalue weighted by molar-refractivity contribution is 5.32. The van der Waals surface area contributed by atoms with Gasteiger partial charge < -0.3 is 5.11 Å². The van der Waals surface area contributed by atoms with Gasteiger partial charge in [0.1, 0.15) is 11.9 Å². The summed E-state index contributed by atoms with van der Waals surface area (Å²) in [6.45, 7) is 2.29. The number of hydrogen-bond donors (Lipinski definition) is 1. The molecule has 1 aromatic carbocycles. The van der Waals surface area contributed by atoms with Crippen LogP contribution in [0, 0.1) is 5.82 Å². The maximum Gasteiger partial charge on any atom is 0.416 e. The van der Waals surface area contributed by atoms with Crippen molar-refractivity contribution in [1.29, 1.82) is 0 Å².